The van der Waals surface area contributed by atoms with E-state index in [1.54, 1.807) is 39.0 Å². The molecule has 1 atom stereocenters. The molecular formula is C11H13BrN2O3S. The number of halogens is 1. The minimum absolute atomic E-state index is 0.0767. The number of nitro groups is 1. The van der Waals surface area contributed by atoms with Crippen LogP contribution in [0.2, 0.25) is 0 Å². The molecule has 18 heavy (non-hydrogen) atoms. The summed E-state index contributed by atoms with van der Waals surface area (Å²) < 4.78 is 15.5. The standard InChI is InChI=1S/C11H13BrN2O3S/c1-11(2,3)18(17)13-7-8-5-4-6-9(12)10(8)14(15)16/h4-7H,1-3H3/b13-7+. The third-order valence-electron chi connectivity index (χ3n) is 2.01. The molecule has 0 fully saturated rings. The molecule has 0 radical (unpaired) electrons. The summed E-state index contributed by atoms with van der Waals surface area (Å²) in [6, 6.07) is 4.81. The molecule has 0 saturated carbocycles. The van der Waals surface area contributed by atoms with Crippen molar-refractivity contribution in [2.75, 3.05) is 0 Å². The van der Waals surface area contributed by atoms with Crippen LogP contribution in [0.15, 0.2) is 27.1 Å². The number of para-hydroxylation sites is 1. The monoisotopic (exact) mass is 332 g/mol. The Morgan fingerprint density at radius 3 is 2.56 bits per heavy atom. The second-order valence-electron chi connectivity index (χ2n) is 4.53. The van der Waals surface area contributed by atoms with Crippen LogP contribution in [0.5, 0.6) is 0 Å². The van der Waals surface area contributed by atoms with E-state index >= 15 is 0 Å². The lowest BCUT2D eigenvalue weighted by Gasteiger charge is -2.12. The molecule has 0 bridgehead atoms. The van der Waals surface area contributed by atoms with E-state index in [-0.39, 0.29) is 5.69 Å². The van der Waals surface area contributed by atoms with Gasteiger partial charge in [-0.05, 0) is 48.8 Å². The Bertz CT molecular complexity index is 524. The molecule has 0 saturated heterocycles. The number of nitrogens with zero attached hydrogens (tertiary/aromatic N) is 2. The van der Waals surface area contributed by atoms with Crippen molar-refractivity contribution in [3.8, 4) is 0 Å². The zero-order chi connectivity index (χ0) is 13.9. The van der Waals surface area contributed by atoms with E-state index in [9.17, 15) is 14.3 Å². The third-order valence-corrected chi connectivity index (χ3v) is 4.00. The van der Waals surface area contributed by atoms with E-state index in [2.05, 4.69) is 20.3 Å². The highest BCUT2D eigenvalue weighted by Crippen LogP contribution is 2.27. The van der Waals surface area contributed by atoms with Crippen LogP contribution in [-0.2, 0) is 11.0 Å². The molecule has 0 aliphatic heterocycles. The van der Waals surface area contributed by atoms with E-state index in [1.165, 1.54) is 6.21 Å². The molecule has 0 aliphatic carbocycles. The van der Waals surface area contributed by atoms with Crippen molar-refractivity contribution in [3.05, 3.63) is 38.3 Å². The van der Waals surface area contributed by atoms with Crippen LogP contribution in [-0.4, -0.2) is 20.1 Å². The Labute approximate surface area is 116 Å². The molecule has 1 rings (SSSR count). The van der Waals surface area contributed by atoms with Crippen LogP contribution in [0.3, 0.4) is 0 Å². The second-order valence-corrected chi connectivity index (χ2v) is 7.32. The normalized spacial score (nSPS) is 13.8. The maximum absolute atomic E-state index is 11.7. The first kappa shape index (κ1) is 15.0. The maximum Gasteiger partial charge on any atom is 0.292 e. The topological polar surface area (TPSA) is 72.6 Å². The smallest absolute Gasteiger partial charge is 0.258 e. The van der Waals surface area contributed by atoms with Crippen molar-refractivity contribution < 1.29 is 9.13 Å². The quantitative estimate of drug-likeness (QED) is 0.484. The average molecular weight is 333 g/mol. The zero-order valence-corrected chi connectivity index (χ0v) is 12.6. The first-order chi connectivity index (χ1) is 8.23. The summed E-state index contributed by atoms with van der Waals surface area (Å²) in [6.45, 7) is 5.36. The van der Waals surface area contributed by atoms with Gasteiger partial charge in [-0.2, -0.15) is 4.40 Å². The fourth-order valence-corrected chi connectivity index (χ4v) is 2.14. The van der Waals surface area contributed by atoms with Gasteiger partial charge in [-0.15, -0.1) is 0 Å². The molecule has 0 aromatic heterocycles. The Morgan fingerprint density at radius 2 is 2.06 bits per heavy atom. The van der Waals surface area contributed by atoms with Crippen molar-refractivity contribution in [2.45, 2.75) is 25.5 Å². The number of rotatable bonds is 3. The van der Waals surface area contributed by atoms with Gasteiger partial charge in [-0.25, -0.2) is 4.21 Å². The van der Waals surface area contributed by atoms with Crippen molar-refractivity contribution in [1.29, 1.82) is 0 Å². The van der Waals surface area contributed by atoms with Gasteiger partial charge in [0.05, 0.1) is 25.9 Å². The molecule has 0 N–H and O–H groups in total. The van der Waals surface area contributed by atoms with Crippen LogP contribution in [0, 0.1) is 10.1 Å². The van der Waals surface area contributed by atoms with Gasteiger partial charge in [0.1, 0.15) is 11.0 Å². The van der Waals surface area contributed by atoms with Crippen molar-refractivity contribution >= 4 is 38.8 Å². The van der Waals surface area contributed by atoms with E-state index in [0.29, 0.717) is 10.0 Å². The highest BCUT2D eigenvalue weighted by atomic mass is 79.9. The van der Waals surface area contributed by atoms with Gasteiger partial charge >= 0.3 is 0 Å². The molecule has 1 aromatic rings. The zero-order valence-electron chi connectivity index (χ0n) is 10.2. The summed E-state index contributed by atoms with van der Waals surface area (Å²) in [5, 5.41) is 10.9. The fraction of sp³-hybridized carbons (Fsp3) is 0.364. The lowest BCUT2D eigenvalue weighted by Crippen LogP contribution is -2.19. The second kappa shape index (κ2) is 5.71. The van der Waals surface area contributed by atoms with Gasteiger partial charge in [-0.3, -0.25) is 10.1 Å². The van der Waals surface area contributed by atoms with E-state index in [4.69, 9.17) is 0 Å². The highest BCUT2D eigenvalue weighted by molar-refractivity contribution is 9.10. The molecule has 1 aromatic carbocycles. The largest absolute Gasteiger partial charge is 0.292 e. The van der Waals surface area contributed by atoms with Crippen LogP contribution < -0.4 is 0 Å². The predicted molar refractivity (Wildman–Crippen MR) is 76.3 cm³/mol. The average Bonchev–Trinajstić information content (AvgIpc) is 2.23. The van der Waals surface area contributed by atoms with E-state index < -0.39 is 20.7 Å². The highest BCUT2D eigenvalue weighted by Gasteiger charge is 2.20. The van der Waals surface area contributed by atoms with E-state index in [0.717, 1.165) is 0 Å². The minimum Gasteiger partial charge on any atom is -0.258 e. The van der Waals surface area contributed by atoms with E-state index in [1.807, 2.05) is 0 Å². The molecule has 7 heteroatoms. The molecule has 0 spiro atoms. The maximum atomic E-state index is 11.7. The summed E-state index contributed by atoms with van der Waals surface area (Å²) in [4.78, 5) is 10.4. The molecule has 5 nitrogen and oxygen atoms in total. The first-order valence-electron chi connectivity index (χ1n) is 5.12. The van der Waals surface area contributed by atoms with Gasteiger partial charge in [0.2, 0.25) is 0 Å². The summed E-state index contributed by atoms with van der Waals surface area (Å²) in [6.07, 6.45) is 1.28. The Hall–Kier alpha value is -1.08. The van der Waals surface area contributed by atoms with Gasteiger partial charge in [0, 0.05) is 0 Å². The Balaban J connectivity index is 3.13. The number of benzene rings is 1. The Kier molecular flexibility index (Phi) is 4.75. The van der Waals surface area contributed by atoms with Crippen molar-refractivity contribution in [1.82, 2.24) is 0 Å². The van der Waals surface area contributed by atoms with Gasteiger partial charge in [0.15, 0.2) is 0 Å². The lowest BCUT2D eigenvalue weighted by atomic mass is 10.2. The van der Waals surface area contributed by atoms with Crippen LogP contribution in [0.4, 0.5) is 5.69 Å². The van der Waals surface area contributed by atoms with Crippen LogP contribution in [0.25, 0.3) is 0 Å². The molecule has 98 valence electrons. The summed E-state index contributed by atoms with van der Waals surface area (Å²) >= 11 is 3.12. The summed E-state index contributed by atoms with van der Waals surface area (Å²) in [5.41, 5.74) is 0.249. The number of hydrogen-bond donors (Lipinski definition) is 0. The summed E-state index contributed by atoms with van der Waals surface area (Å²) in [5.74, 6) is 0. The molecule has 0 amide bonds. The minimum atomic E-state index is -1.43. The number of hydrogen-bond acceptors (Lipinski definition) is 3. The molecule has 0 heterocycles. The third kappa shape index (κ3) is 3.71. The fourth-order valence-electron chi connectivity index (χ4n) is 1.09. The van der Waals surface area contributed by atoms with Crippen LogP contribution in [0.1, 0.15) is 26.3 Å². The molecular weight excluding hydrogens is 320 g/mol. The molecule has 0 aliphatic rings. The SMILES string of the molecule is CC(C)(C)S(=O)/N=C/c1cccc(Br)c1[N+](=O)[O-]. The van der Waals surface area contributed by atoms with Crippen molar-refractivity contribution in [2.24, 2.45) is 4.40 Å². The number of nitro benzene ring substituents is 1. The first-order valence-corrected chi connectivity index (χ1v) is 7.02. The van der Waals surface area contributed by atoms with Crippen LogP contribution >= 0.6 is 15.9 Å². The van der Waals surface area contributed by atoms with Gasteiger partial charge in [-0.1, -0.05) is 6.07 Å². The lowest BCUT2D eigenvalue weighted by molar-refractivity contribution is -0.385. The van der Waals surface area contributed by atoms with Gasteiger partial charge < -0.3 is 0 Å². The molecule has 1 unspecified atom stereocenters. The summed E-state index contributed by atoms with van der Waals surface area (Å²) in [7, 11) is -1.43. The Morgan fingerprint density at radius 1 is 1.44 bits per heavy atom. The van der Waals surface area contributed by atoms with Crippen molar-refractivity contribution in [3.63, 3.8) is 0 Å². The predicted octanol–water partition coefficient (Wildman–Crippen LogP) is 3.24. The van der Waals surface area contributed by atoms with Gasteiger partial charge in [0.25, 0.3) is 5.69 Å².